The molecule has 0 unspecified atom stereocenters. The third kappa shape index (κ3) is 2.25. The number of nitrogen functional groups attached to an aromatic ring is 1. The van der Waals surface area contributed by atoms with Crippen LogP contribution in [-0.2, 0) is 6.42 Å². The van der Waals surface area contributed by atoms with E-state index in [9.17, 15) is 0 Å². The highest BCUT2D eigenvalue weighted by Crippen LogP contribution is 2.23. The Hall–Kier alpha value is -1.35. The van der Waals surface area contributed by atoms with Crippen LogP contribution in [0.3, 0.4) is 0 Å². The molecule has 2 N–H and O–H groups in total. The molecule has 0 fully saturated rings. The summed E-state index contributed by atoms with van der Waals surface area (Å²) in [4.78, 5) is 8.48. The minimum absolute atomic E-state index is 0.325. The lowest BCUT2D eigenvalue weighted by molar-refractivity contribution is 0.639. The van der Waals surface area contributed by atoms with Gasteiger partial charge in [0.15, 0.2) is 0 Å². The first-order chi connectivity index (χ1) is 7.56. The molecule has 0 bridgehead atoms. The highest BCUT2D eigenvalue weighted by atomic mass is 35.5. The van der Waals surface area contributed by atoms with Crippen LogP contribution in [-0.4, -0.2) is 9.97 Å². The molecule has 2 rings (SSSR count). The molecule has 4 heteroatoms. The van der Waals surface area contributed by atoms with Crippen molar-refractivity contribution in [1.29, 1.82) is 0 Å². The number of anilines is 1. The van der Waals surface area contributed by atoms with Crippen molar-refractivity contribution < 1.29 is 0 Å². The number of aromatic nitrogens is 2. The van der Waals surface area contributed by atoms with Crippen LogP contribution in [0.2, 0.25) is 5.02 Å². The Kier molecular flexibility index (Phi) is 2.97. The summed E-state index contributed by atoms with van der Waals surface area (Å²) in [5, 5.41) is 1.70. The largest absolute Gasteiger partial charge is 0.368 e. The summed E-state index contributed by atoms with van der Waals surface area (Å²) >= 11 is 5.98. The highest BCUT2D eigenvalue weighted by molar-refractivity contribution is 6.31. The van der Waals surface area contributed by atoms with E-state index in [1.54, 1.807) is 0 Å². The summed E-state index contributed by atoms with van der Waals surface area (Å²) in [6.45, 7) is 4.29. The number of halogens is 1. The molecule has 84 valence electrons. The van der Waals surface area contributed by atoms with Gasteiger partial charge < -0.3 is 5.73 Å². The van der Waals surface area contributed by atoms with Crippen molar-refractivity contribution >= 4 is 28.5 Å². The minimum Gasteiger partial charge on any atom is -0.368 e. The maximum Gasteiger partial charge on any atom is 0.220 e. The van der Waals surface area contributed by atoms with Crippen LogP contribution < -0.4 is 5.73 Å². The molecule has 3 nitrogen and oxygen atoms in total. The van der Waals surface area contributed by atoms with E-state index in [2.05, 4.69) is 23.8 Å². The molecular formula is C12H14ClN3. The summed E-state index contributed by atoms with van der Waals surface area (Å²) in [6.07, 6.45) is 0.879. The van der Waals surface area contributed by atoms with E-state index in [1.165, 1.54) is 0 Å². The number of nitrogens with two attached hydrogens (primary N) is 1. The SMILES string of the molecule is CC(C)Cc1nc(N)nc2ccc(Cl)cc12. The molecular weight excluding hydrogens is 222 g/mol. The van der Waals surface area contributed by atoms with E-state index in [4.69, 9.17) is 17.3 Å². The number of rotatable bonds is 2. The van der Waals surface area contributed by atoms with E-state index in [0.29, 0.717) is 16.9 Å². The molecule has 1 aromatic heterocycles. The van der Waals surface area contributed by atoms with Gasteiger partial charge in [-0.15, -0.1) is 0 Å². The van der Waals surface area contributed by atoms with Crippen molar-refractivity contribution in [3.8, 4) is 0 Å². The Balaban J connectivity index is 2.64. The molecule has 1 aromatic carbocycles. The number of hydrogen-bond donors (Lipinski definition) is 1. The van der Waals surface area contributed by atoms with Crippen molar-refractivity contribution in [3.05, 3.63) is 28.9 Å². The van der Waals surface area contributed by atoms with Gasteiger partial charge in [0.05, 0.1) is 11.2 Å². The molecule has 0 atom stereocenters. The lowest BCUT2D eigenvalue weighted by atomic mass is 10.0. The monoisotopic (exact) mass is 235 g/mol. The number of hydrogen-bond acceptors (Lipinski definition) is 3. The van der Waals surface area contributed by atoms with Gasteiger partial charge in [-0.1, -0.05) is 25.4 Å². The fraction of sp³-hybridized carbons (Fsp3) is 0.333. The first-order valence-corrected chi connectivity index (χ1v) is 5.65. The molecule has 0 amide bonds. The van der Waals surface area contributed by atoms with Gasteiger partial charge in [-0.3, -0.25) is 0 Å². The van der Waals surface area contributed by atoms with Gasteiger partial charge in [-0.05, 0) is 30.5 Å². The van der Waals surface area contributed by atoms with E-state index in [1.807, 2.05) is 18.2 Å². The Morgan fingerprint density at radius 3 is 2.75 bits per heavy atom. The maximum atomic E-state index is 5.98. The van der Waals surface area contributed by atoms with Crippen molar-refractivity contribution in [2.45, 2.75) is 20.3 Å². The molecule has 16 heavy (non-hydrogen) atoms. The molecule has 0 saturated carbocycles. The average Bonchev–Trinajstić information content (AvgIpc) is 2.18. The Bertz CT molecular complexity index is 523. The molecule has 0 saturated heterocycles. The van der Waals surface area contributed by atoms with Crippen LogP contribution >= 0.6 is 11.6 Å². The van der Waals surface area contributed by atoms with Crippen molar-refractivity contribution in [2.24, 2.45) is 5.92 Å². The van der Waals surface area contributed by atoms with Crippen molar-refractivity contribution in [1.82, 2.24) is 9.97 Å². The van der Waals surface area contributed by atoms with Crippen LogP contribution in [0.15, 0.2) is 18.2 Å². The zero-order chi connectivity index (χ0) is 11.7. The van der Waals surface area contributed by atoms with E-state index in [0.717, 1.165) is 23.0 Å². The van der Waals surface area contributed by atoms with Gasteiger partial charge in [0.1, 0.15) is 0 Å². The lowest BCUT2D eigenvalue weighted by Crippen LogP contribution is -2.03. The first kappa shape index (κ1) is 11.1. The third-order valence-corrected chi connectivity index (χ3v) is 2.59. The summed E-state index contributed by atoms with van der Waals surface area (Å²) in [6, 6.07) is 5.59. The topological polar surface area (TPSA) is 51.8 Å². The minimum atomic E-state index is 0.325. The Morgan fingerprint density at radius 2 is 2.06 bits per heavy atom. The van der Waals surface area contributed by atoms with Crippen LogP contribution in [0.1, 0.15) is 19.5 Å². The van der Waals surface area contributed by atoms with Crippen molar-refractivity contribution in [2.75, 3.05) is 5.73 Å². The lowest BCUT2D eigenvalue weighted by Gasteiger charge is -2.08. The molecule has 0 aliphatic rings. The smallest absolute Gasteiger partial charge is 0.220 e. The maximum absolute atomic E-state index is 5.98. The zero-order valence-electron chi connectivity index (χ0n) is 9.37. The van der Waals surface area contributed by atoms with Crippen LogP contribution in [0.25, 0.3) is 10.9 Å². The summed E-state index contributed by atoms with van der Waals surface area (Å²) in [7, 11) is 0. The second-order valence-corrected chi connectivity index (χ2v) is 4.72. The number of fused-ring (bicyclic) bond motifs is 1. The zero-order valence-corrected chi connectivity index (χ0v) is 10.1. The predicted molar refractivity (Wildman–Crippen MR) is 67.5 cm³/mol. The van der Waals surface area contributed by atoms with Gasteiger partial charge in [-0.25, -0.2) is 9.97 Å². The van der Waals surface area contributed by atoms with Gasteiger partial charge in [0.25, 0.3) is 0 Å². The Labute approximate surface area is 99.7 Å². The van der Waals surface area contributed by atoms with Gasteiger partial charge in [-0.2, -0.15) is 0 Å². The van der Waals surface area contributed by atoms with E-state index >= 15 is 0 Å². The molecule has 0 radical (unpaired) electrons. The quantitative estimate of drug-likeness (QED) is 0.871. The summed E-state index contributed by atoms with van der Waals surface area (Å²) in [5.41, 5.74) is 7.51. The molecule has 0 aliphatic carbocycles. The van der Waals surface area contributed by atoms with Gasteiger partial charge >= 0.3 is 0 Å². The highest BCUT2D eigenvalue weighted by Gasteiger charge is 2.08. The predicted octanol–water partition coefficient (Wildman–Crippen LogP) is 3.06. The standard InChI is InChI=1S/C12H14ClN3/c1-7(2)5-11-9-6-8(13)3-4-10(9)15-12(14)16-11/h3-4,6-7H,5H2,1-2H3,(H2,14,15,16). The van der Waals surface area contributed by atoms with E-state index in [-0.39, 0.29) is 0 Å². The second kappa shape index (κ2) is 4.26. The van der Waals surface area contributed by atoms with E-state index < -0.39 is 0 Å². The fourth-order valence-electron chi connectivity index (χ4n) is 1.73. The third-order valence-electron chi connectivity index (χ3n) is 2.36. The summed E-state index contributed by atoms with van der Waals surface area (Å²) in [5.74, 6) is 0.849. The van der Waals surface area contributed by atoms with Crippen LogP contribution in [0, 0.1) is 5.92 Å². The van der Waals surface area contributed by atoms with Gasteiger partial charge in [0.2, 0.25) is 5.95 Å². The fourth-order valence-corrected chi connectivity index (χ4v) is 1.90. The second-order valence-electron chi connectivity index (χ2n) is 4.29. The van der Waals surface area contributed by atoms with Crippen molar-refractivity contribution in [3.63, 3.8) is 0 Å². The Morgan fingerprint density at radius 1 is 1.31 bits per heavy atom. The number of nitrogens with zero attached hydrogens (tertiary/aromatic N) is 2. The normalized spacial score (nSPS) is 11.2. The average molecular weight is 236 g/mol. The van der Waals surface area contributed by atoms with Gasteiger partial charge in [0, 0.05) is 10.4 Å². The van der Waals surface area contributed by atoms with Crippen LogP contribution in [0.4, 0.5) is 5.95 Å². The molecule has 0 aliphatic heterocycles. The number of benzene rings is 1. The molecule has 2 aromatic rings. The molecule has 1 heterocycles. The summed E-state index contributed by atoms with van der Waals surface area (Å²) < 4.78 is 0. The first-order valence-electron chi connectivity index (χ1n) is 5.28. The van der Waals surface area contributed by atoms with Crippen LogP contribution in [0.5, 0.6) is 0 Å². The molecule has 0 spiro atoms.